The summed E-state index contributed by atoms with van der Waals surface area (Å²) < 4.78 is 34.7. The monoisotopic (exact) mass is 379 g/mol. The first kappa shape index (κ1) is 16.4. The summed E-state index contributed by atoms with van der Waals surface area (Å²) >= 11 is 1.29. The molecule has 3 aromatic rings. The molecule has 1 aliphatic rings. The van der Waals surface area contributed by atoms with Crippen LogP contribution in [0.5, 0.6) is 5.75 Å². The van der Waals surface area contributed by atoms with Crippen molar-refractivity contribution in [1.29, 1.82) is 0 Å². The van der Waals surface area contributed by atoms with Crippen LogP contribution in [-0.4, -0.2) is 34.3 Å². The van der Waals surface area contributed by atoms with Gasteiger partial charge in [-0.15, -0.1) is 10.2 Å². The second-order valence-electron chi connectivity index (χ2n) is 5.87. The lowest BCUT2D eigenvalue weighted by molar-refractivity contribution is 0.210. The fourth-order valence-electron chi connectivity index (χ4n) is 2.81. The Labute approximate surface area is 148 Å². The van der Waals surface area contributed by atoms with Gasteiger partial charge < -0.3 is 4.74 Å². The van der Waals surface area contributed by atoms with Crippen LogP contribution in [0, 0.1) is 0 Å². The first-order valence-electron chi connectivity index (χ1n) is 8.02. The van der Waals surface area contributed by atoms with Crippen LogP contribution >= 0.6 is 11.3 Å². The lowest BCUT2D eigenvalue weighted by atomic mass is 10.3. The smallest absolute Gasteiger partial charge is 0.240 e. The van der Waals surface area contributed by atoms with Gasteiger partial charge in [0.1, 0.15) is 17.1 Å². The standard InChI is InChI=1S/C15H17N5O3S2/c21-25(22,17-9-14-19-20-10-16-18-15(20)24-14)13-7-5-12(6-8-13)23-11-3-1-2-4-11/h5-8,10-11,17H,1-4,9H2. The number of fused-ring (bicyclic) bond motifs is 1. The van der Waals surface area contributed by atoms with Crippen LogP contribution in [0.3, 0.4) is 0 Å². The van der Waals surface area contributed by atoms with E-state index in [0.717, 1.165) is 12.8 Å². The third kappa shape index (κ3) is 3.65. The summed E-state index contributed by atoms with van der Waals surface area (Å²) in [7, 11) is -3.61. The number of aromatic nitrogens is 4. The number of nitrogens with one attached hydrogen (secondary N) is 1. The minimum Gasteiger partial charge on any atom is -0.490 e. The Balaban J connectivity index is 1.41. The Morgan fingerprint density at radius 1 is 1.24 bits per heavy atom. The molecule has 0 spiro atoms. The molecular weight excluding hydrogens is 362 g/mol. The largest absolute Gasteiger partial charge is 0.490 e. The lowest BCUT2D eigenvalue weighted by Gasteiger charge is -2.13. The summed E-state index contributed by atoms with van der Waals surface area (Å²) in [5.74, 6) is 0.708. The van der Waals surface area contributed by atoms with E-state index in [0.29, 0.717) is 15.7 Å². The van der Waals surface area contributed by atoms with Gasteiger partial charge in [-0.3, -0.25) is 0 Å². The molecule has 1 saturated carbocycles. The maximum atomic E-state index is 12.4. The van der Waals surface area contributed by atoms with Gasteiger partial charge in [0.2, 0.25) is 15.0 Å². The summed E-state index contributed by atoms with van der Waals surface area (Å²) in [5, 5.41) is 12.4. The highest BCUT2D eigenvalue weighted by Gasteiger charge is 2.18. The molecule has 1 N–H and O–H groups in total. The fraction of sp³-hybridized carbons (Fsp3) is 0.400. The Morgan fingerprint density at radius 3 is 2.72 bits per heavy atom. The first-order valence-corrected chi connectivity index (χ1v) is 10.3. The van der Waals surface area contributed by atoms with E-state index in [-0.39, 0.29) is 17.5 Å². The zero-order chi connectivity index (χ0) is 17.3. The summed E-state index contributed by atoms with van der Waals surface area (Å²) in [6.45, 7) is 0.108. The van der Waals surface area contributed by atoms with Gasteiger partial charge in [-0.2, -0.15) is 9.61 Å². The van der Waals surface area contributed by atoms with Crippen molar-refractivity contribution in [3.8, 4) is 5.75 Å². The maximum absolute atomic E-state index is 12.4. The van der Waals surface area contributed by atoms with E-state index in [1.165, 1.54) is 35.0 Å². The molecule has 0 aliphatic heterocycles. The second-order valence-corrected chi connectivity index (χ2v) is 8.68. The molecule has 2 heterocycles. The third-order valence-corrected chi connectivity index (χ3v) is 6.41. The van der Waals surface area contributed by atoms with Gasteiger partial charge >= 0.3 is 0 Å². The van der Waals surface area contributed by atoms with Gasteiger partial charge in [0, 0.05) is 0 Å². The molecule has 25 heavy (non-hydrogen) atoms. The summed E-state index contributed by atoms with van der Waals surface area (Å²) in [4.78, 5) is 0.830. The zero-order valence-corrected chi connectivity index (χ0v) is 15.0. The van der Waals surface area contributed by atoms with Gasteiger partial charge in [-0.05, 0) is 49.9 Å². The number of nitrogens with zero attached hydrogens (tertiary/aromatic N) is 4. The summed E-state index contributed by atoms with van der Waals surface area (Å²) in [6.07, 6.45) is 6.24. The summed E-state index contributed by atoms with van der Waals surface area (Å²) in [5.41, 5.74) is 0. The minimum atomic E-state index is -3.61. The van der Waals surface area contributed by atoms with E-state index in [4.69, 9.17) is 4.74 Å². The predicted molar refractivity (Wildman–Crippen MR) is 92.0 cm³/mol. The van der Waals surface area contributed by atoms with Gasteiger partial charge in [0.05, 0.1) is 17.5 Å². The van der Waals surface area contributed by atoms with E-state index in [1.54, 1.807) is 24.3 Å². The van der Waals surface area contributed by atoms with Crippen molar-refractivity contribution in [3.05, 3.63) is 35.6 Å². The zero-order valence-electron chi connectivity index (χ0n) is 13.3. The summed E-state index contributed by atoms with van der Waals surface area (Å²) in [6, 6.07) is 6.53. The number of ether oxygens (including phenoxy) is 1. The van der Waals surface area contributed by atoms with Gasteiger partial charge in [-0.1, -0.05) is 11.3 Å². The highest BCUT2D eigenvalue weighted by atomic mass is 32.2. The van der Waals surface area contributed by atoms with Crippen LogP contribution in [0.2, 0.25) is 0 Å². The van der Waals surface area contributed by atoms with Crippen LogP contribution in [0.1, 0.15) is 30.7 Å². The molecule has 1 fully saturated rings. The van der Waals surface area contributed by atoms with Gasteiger partial charge in [0.25, 0.3) is 0 Å². The Bertz CT molecular complexity index is 930. The maximum Gasteiger partial charge on any atom is 0.240 e. The van der Waals surface area contributed by atoms with E-state index in [9.17, 15) is 8.42 Å². The van der Waals surface area contributed by atoms with E-state index in [1.807, 2.05) is 0 Å². The average molecular weight is 379 g/mol. The second kappa shape index (κ2) is 6.70. The van der Waals surface area contributed by atoms with Crippen molar-refractivity contribution in [2.24, 2.45) is 0 Å². The van der Waals surface area contributed by atoms with Crippen LogP contribution < -0.4 is 9.46 Å². The molecule has 8 nitrogen and oxygen atoms in total. The predicted octanol–water partition coefficient (Wildman–Crippen LogP) is 1.99. The highest BCUT2D eigenvalue weighted by Crippen LogP contribution is 2.25. The molecule has 0 bridgehead atoms. The van der Waals surface area contributed by atoms with Crippen molar-refractivity contribution < 1.29 is 13.2 Å². The first-order chi connectivity index (χ1) is 12.1. The van der Waals surface area contributed by atoms with Gasteiger partial charge in [-0.25, -0.2) is 13.1 Å². The molecule has 0 saturated heterocycles. The SMILES string of the molecule is O=S(=O)(NCc1nn2cnnc2s1)c1ccc(OC2CCCC2)cc1. The fourth-order valence-corrected chi connectivity index (χ4v) is 4.64. The molecule has 2 aromatic heterocycles. The third-order valence-electron chi connectivity index (χ3n) is 4.08. The molecule has 132 valence electrons. The molecule has 0 atom stereocenters. The molecule has 4 rings (SSSR count). The topological polar surface area (TPSA) is 98.5 Å². The van der Waals surface area contributed by atoms with Gasteiger partial charge in [0.15, 0.2) is 0 Å². The number of benzene rings is 1. The minimum absolute atomic E-state index is 0.108. The van der Waals surface area contributed by atoms with Crippen LogP contribution in [-0.2, 0) is 16.6 Å². The van der Waals surface area contributed by atoms with E-state index < -0.39 is 10.0 Å². The Hall–Kier alpha value is -2.04. The van der Waals surface area contributed by atoms with Crippen molar-refractivity contribution >= 4 is 26.3 Å². The van der Waals surface area contributed by atoms with Crippen molar-refractivity contribution in [2.45, 2.75) is 43.2 Å². The van der Waals surface area contributed by atoms with E-state index >= 15 is 0 Å². The molecule has 0 radical (unpaired) electrons. The molecule has 1 aromatic carbocycles. The number of hydrogen-bond acceptors (Lipinski definition) is 7. The molecular formula is C15H17N5O3S2. The highest BCUT2D eigenvalue weighted by molar-refractivity contribution is 7.89. The molecule has 1 aliphatic carbocycles. The van der Waals surface area contributed by atoms with Crippen molar-refractivity contribution in [3.63, 3.8) is 0 Å². The van der Waals surface area contributed by atoms with Crippen LogP contribution in [0.15, 0.2) is 35.5 Å². The molecule has 0 amide bonds. The number of rotatable bonds is 6. The number of hydrogen-bond donors (Lipinski definition) is 1. The van der Waals surface area contributed by atoms with E-state index in [2.05, 4.69) is 20.0 Å². The average Bonchev–Trinajstić information content (AvgIpc) is 3.31. The molecule has 0 unspecified atom stereocenters. The lowest BCUT2D eigenvalue weighted by Crippen LogP contribution is -2.23. The normalized spacial score (nSPS) is 15.8. The Kier molecular flexibility index (Phi) is 4.40. The van der Waals surface area contributed by atoms with Crippen molar-refractivity contribution in [2.75, 3.05) is 0 Å². The molecule has 10 heteroatoms. The number of sulfonamides is 1. The Morgan fingerprint density at radius 2 is 2.00 bits per heavy atom. The van der Waals surface area contributed by atoms with Crippen LogP contribution in [0.25, 0.3) is 4.96 Å². The quantitative estimate of drug-likeness (QED) is 0.703. The van der Waals surface area contributed by atoms with Crippen molar-refractivity contribution in [1.82, 2.24) is 24.5 Å². The van der Waals surface area contributed by atoms with Crippen LogP contribution in [0.4, 0.5) is 0 Å².